The minimum Gasteiger partial charge on any atom is -0.388 e. The summed E-state index contributed by atoms with van der Waals surface area (Å²) in [4.78, 5) is 0. The van der Waals surface area contributed by atoms with Crippen molar-refractivity contribution in [2.75, 3.05) is 12.4 Å². The van der Waals surface area contributed by atoms with E-state index in [9.17, 15) is 4.39 Å². The van der Waals surface area contributed by atoms with Gasteiger partial charge in [-0.2, -0.15) is 0 Å². The molecule has 0 aliphatic rings. The lowest BCUT2D eigenvalue weighted by atomic mass is 10.0. The molecule has 0 saturated heterocycles. The first-order valence-electron chi connectivity index (χ1n) is 4.84. The molecule has 2 heteroatoms. The van der Waals surface area contributed by atoms with Crippen molar-refractivity contribution >= 4 is 5.69 Å². The molecule has 76 valence electrons. The average molecular weight is 201 g/mol. The minimum atomic E-state index is -0.223. The highest BCUT2D eigenvalue weighted by Crippen LogP contribution is 2.27. The highest BCUT2D eigenvalue weighted by molar-refractivity contribution is 5.77. The van der Waals surface area contributed by atoms with Gasteiger partial charge in [0.05, 0.1) is 0 Å². The summed E-state index contributed by atoms with van der Waals surface area (Å²) < 4.78 is 13.0. The van der Waals surface area contributed by atoms with E-state index in [0.717, 1.165) is 16.8 Å². The molecule has 0 fully saturated rings. The van der Waals surface area contributed by atoms with Crippen LogP contribution in [0.1, 0.15) is 0 Å². The Morgan fingerprint density at radius 1 is 1.00 bits per heavy atom. The Labute approximate surface area is 88.6 Å². The van der Waals surface area contributed by atoms with Crippen LogP contribution >= 0.6 is 0 Å². The van der Waals surface area contributed by atoms with Gasteiger partial charge in [-0.25, -0.2) is 4.39 Å². The predicted molar refractivity (Wildman–Crippen MR) is 61.4 cm³/mol. The van der Waals surface area contributed by atoms with Gasteiger partial charge in [0, 0.05) is 18.3 Å². The lowest BCUT2D eigenvalue weighted by Crippen LogP contribution is -1.92. The smallest absolute Gasteiger partial charge is 0.125 e. The van der Waals surface area contributed by atoms with Crippen LogP contribution in [-0.4, -0.2) is 7.05 Å². The highest BCUT2D eigenvalue weighted by Gasteiger charge is 2.04. The average Bonchev–Trinajstić information content (AvgIpc) is 2.30. The van der Waals surface area contributed by atoms with Gasteiger partial charge in [0.25, 0.3) is 0 Å². The van der Waals surface area contributed by atoms with Gasteiger partial charge in [0.2, 0.25) is 0 Å². The standard InChI is InChI=1S/C13H12FN/c1-15-13-9-11(14)7-8-12(13)10-5-3-2-4-6-10/h2-9,15H,1H3. The Kier molecular flexibility index (Phi) is 2.68. The molecule has 0 saturated carbocycles. The molecular formula is C13H12FN. The van der Waals surface area contributed by atoms with Gasteiger partial charge < -0.3 is 5.32 Å². The summed E-state index contributed by atoms with van der Waals surface area (Å²) in [6.45, 7) is 0. The van der Waals surface area contributed by atoms with E-state index in [1.807, 2.05) is 30.3 Å². The SMILES string of the molecule is CNc1cc(F)ccc1-c1ccccc1. The maximum absolute atomic E-state index is 13.0. The van der Waals surface area contributed by atoms with Gasteiger partial charge in [0.15, 0.2) is 0 Å². The summed E-state index contributed by atoms with van der Waals surface area (Å²) in [5.74, 6) is -0.223. The molecule has 0 aromatic heterocycles. The van der Waals surface area contributed by atoms with Gasteiger partial charge in [-0.3, -0.25) is 0 Å². The summed E-state index contributed by atoms with van der Waals surface area (Å²) in [7, 11) is 1.79. The summed E-state index contributed by atoms with van der Waals surface area (Å²) in [5.41, 5.74) is 2.91. The number of rotatable bonds is 2. The molecule has 0 aliphatic carbocycles. The molecule has 15 heavy (non-hydrogen) atoms. The van der Waals surface area contributed by atoms with E-state index >= 15 is 0 Å². The lowest BCUT2D eigenvalue weighted by molar-refractivity contribution is 0.628. The topological polar surface area (TPSA) is 12.0 Å². The Morgan fingerprint density at radius 2 is 1.73 bits per heavy atom. The fraction of sp³-hybridized carbons (Fsp3) is 0.0769. The van der Waals surface area contributed by atoms with E-state index in [2.05, 4.69) is 5.32 Å². The summed E-state index contributed by atoms with van der Waals surface area (Å²) in [5, 5.41) is 2.99. The minimum absolute atomic E-state index is 0.223. The van der Waals surface area contributed by atoms with Crippen molar-refractivity contribution in [2.45, 2.75) is 0 Å². The fourth-order valence-electron chi connectivity index (χ4n) is 1.59. The Morgan fingerprint density at radius 3 is 2.40 bits per heavy atom. The Balaban J connectivity index is 2.53. The molecule has 0 amide bonds. The van der Waals surface area contributed by atoms with Crippen LogP contribution in [0.4, 0.5) is 10.1 Å². The Hall–Kier alpha value is -1.83. The summed E-state index contributed by atoms with van der Waals surface area (Å²) >= 11 is 0. The van der Waals surface area contributed by atoms with Crippen LogP contribution in [0.15, 0.2) is 48.5 Å². The third-order valence-corrected chi connectivity index (χ3v) is 2.34. The van der Waals surface area contributed by atoms with Gasteiger partial charge in [0.1, 0.15) is 5.82 Å². The molecule has 2 aromatic carbocycles. The second-order valence-electron chi connectivity index (χ2n) is 3.31. The number of hydrogen-bond donors (Lipinski definition) is 1. The highest BCUT2D eigenvalue weighted by atomic mass is 19.1. The Bertz CT molecular complexity index is 451. The third-order valence-electron chi connectivity index (χ3n) is 2.34. The van der Waals surface area contributed by atoms with Gasteiger partial charge >= 0.3 is 0 Å². The van der Waals surface area contributed by atoms with Crippen LogP contribution in [0.25, 0.3) is 11.1 Å². The molecule has 0 atom stereocenters. The van der Waals surface area contributed by atoms with Gasteiger partial charge in [-0.05, 0) is 23.8 Å². The second kappa shape index (κ2) is 4.13. The molecule has 1 nitrogen and oxygen atoms in total. The molecule has 1 N–H and O–H groups in total. The zero-order valence-corrected chi connectivity index (χ0v) is 8.50. The van der Waals surface area contributed by atoms with Crippen molar-refractivity contribution in [3.8, 4) is 11.1 Å². The fourth-order valence-corrected chi connectivity index (χ4v) is 1.59. The number of benzene rings is 2. The molecule has 0 radical (unpaired) electrons. The van der Waals surface area contributed by atoms with Crippen LogP contribution in [0.5, 0.6) is 0 Å². The first-order valence-corrected chi connectivity index (χ1v) is 4.84. The molecule has 0 bridgehead atoms. The lowest BCUT2D eigenvalue weighted by Gasteiger charge is -2.08. The quantitative estimate of drug-likeness (QED) is 0.783. The van der Waals surface area contributed by atoms with Gasteiger partial charge in [-0.15, -0.1) is 0 Å². The largest absolute Gasteiger partial charge is 0.388 e. The molecule has 2 aromatic rings. The van der Waals surface area contributed by atoms with E-state index < -0.39 is 0 Å². The van der Waals surface area contributed by atoms with Crippen LogP contribution in [0, 0.1) is 5.82 Å². The number of halogens is 1. The van der Waals surface area contributed by atoms with Crippen LogP contribution in [0.2, 0.25) is 0 Å². The molecule has 0 spiro atoms. The second-order valence-corrected chi connectivity index (χ2v) is 3.31. The van der Waals surface area contributed by atoms with Crippen molar-refractivity contribution < 1.29 is 4.39 Å². The first-order chi connectivity index (χ1) is 7.31. The molecule has 0 heterocycles. The van der Waals surface area contributed by atoms with E-state index in [4.69, 9.17) is 0 Å². The maximum Gasteiger partial charge on any atom is 0.125 e. The molecule has 2 rings (SSSR count). The zero-order valence-electron chi connectivity index (χ0n) is 8.50. The first kappa shape index (κ1) is 9.71. The van der Waals surface area contributed by atoms with E-state index in [1.165, 1.54) is 12.1 Å². The molecule has 0 aliphatic heterocycles. The van der Waals surface area contributed by atoms with Crippen LogP contribution in [0.3, 0.4) is 0 Å². The summed E-state index contributed by atoms with van der Waals surface area (Å²) in [6, 6.07) is 14.7. The van der Waals surface area contributed by atoms with E-state index in [0.29, 0.717) is 0 Å². The van der Waals surface area contributed by atoms with Crippen molar-refractivity contribution in [3.05, 3.63) is 54.3 Å². The molecular weight excluding hydrogens is 189 g/mol. The zero-order chi connectivity index (χ0) is 10.7. The number of hydrogen-bond acceptors (Lipinski definition) is 1. The van der Waals surface area contributed by atoms with E-state index in [-0.39, 0.29) is 5.82 Å². The van der Waals surface area contributed by atoms with E-state index in [1.54, 1.807) is 13.1 Å². The van der Waals surface area contributed by atoms with Gasteiger partial charge in [-0.1, -0.05) is 30.3 Å². The predicted octanol–water partition coefficient (Wildman–Crippen LogP) is 3.53. The number of anilines is 1. The molecule has 0 unspecified atom stereocenters. The van der Waals surface area contributed by atoms with Crippen molar-refractivity contribution in [1.29, 1.82) is 0 Å². The van der Waals surface area contributed by atoms with Crippen molar-refractivity contribution in [1.82, 2.24) is 0 Å². The van der Waals surface area contributed by atoms with Crippen LogP contribution < -0.4 is 5.32 Å². The van der Waals surface area contributed by atoms with Crippen molar-refractivity contribution in [3.63, 3.8) is 0 Å². The summed E-state index contributed by atoms with van der Waals surface area (Å²) in [6.07, 6.45) is 0. The monoisotopic (exact) mass is 201 g/mol. The third kappa shape index (κ3) is 1.99. The number of nitrogens with one attached hydrogen (secondary N) is 1. The normalized spacial score (nSPS) is 10.0. The van der Waals surface area contributed by atoms with Crippen molar-refractivity contribution in [2.24, 2.45) is 0 Å². The maximum atomic E-state index is 13.0. The van der Waals surface area contributed by atoms with Crippen LogP contribution in [-0.2, 0) is 0 Å².